The minimum Gasteiger partial charge on any atom is -0.507 e. The number of sulfonamides is 1. The van der Waals surface area contributed by atoms with Crippen LogP contribution in [0.4, 0.5) is 0 Å². The Kier molecular flexibility index (Phi) is 5.24. The normalized spacial score (nSPS) is 15.8. The number of piperazine rings is 1. The summed E-state index contributed by atoms with van der Waals surface area (Å²) < 4.78 is 26.6. The third kappa shape index (κ3) is 3.56. The molecule has 1 aliphatic rings. The topological polar surface area (TPSA) is 90.8 Å². The van der Waals surface area contributed by atoms with Gasteiger partial charge < -0.3 is 10.0 Å². The molecule has 0 bridgehead atoms. The van der Waals surface area contributed by atoms with Gasteiger partial charge in [0, 0.05) is 38.6 Å². The van der Waals surface area contributed by atoms with E-state index in [-0.39, 0.29) is 48.3 Å². The number of aryl methyl sites for hydroxylation is 1. The second-order valence-corrected chi connectivity index (χ2v) is 8.03. The van der Waals surface area contributed by atoms with E-state index >= 15 is 0 Å². The SMILES string of the molecule is CCc1ccc(O)c(C(=O)N2CCN(S(=O)(=O)c3cccnc3)CC2)c1. The molecule has 3 rings (SSSR count). The van der Waals surface area contributed by atoms with E-state index in [2.05, 4.69) is 4.98 Å². The third-order valence-corrected chi connectivity index (χ3v) is 6.38. The number of rotatable bonds is 4. The lowest BCUT2D eigenvalue weighted by Gasteiger charge is -2.34. The molecule has 0 spiro atoms. The molecule has 1 saturated heterocycles. The van der Waals surface area contributed by atoms with E-state index in [9.17, 15) is 18.3 Å². The van der Waals surface area contributed by atoms with Gasteiger partial charge in [0.2, 0.25) is 10.0 Å². The number of pyridine rings is 1. The molecule has 2 heterocycles. The van der Waals surface area contributed by atoms with Crippen molar-refractivity contribution in [2.45, 2.75) is 18.2 Å². The monoisotopic (exact) mass is 375 g/mol. The molecule has 1 fully saturated rings. The van der Waals surface area contributed by atoms with Crippen molar-refractivity contribution in [3.63, 3.8) is 0 Å². The van der Waals surface area contributed by atoms with Gasteiger partial charge in [-0.05, 0) is 36.2 Å². The van der Waals surface area contributed by atoms with Crippen molar-refractivity contribution < 1.29 is 18.3 Å². The van der Waals surface area contributed by atoms with E-state index in [1.807, 2.05) is 6.92 Å². The highest BCUT2D eigenvalue weighted by Crippen LogP contribution is 2.23. The van der Waals surface area contributed by atoms with Crippen LogP contribution in [-0.2, 0) is 16.4 Å². The van der Waals surface area contributed by atoms with E-state index < -0.39 is 10.0 Å². The van der Waals surface area contributed by atoms with Crippen molar-refractivity contribution in [2.75, 3.05) is 26.2 Å². The number of phenols is 1. The Labute approximate surface area is 152 Å². The Morgan fingerprint density at radius 3 is 2.54 bits per heavy atom. The summed E-state index contributed by atoms with van der Waals surface area (Å²) in [6.45, 7) is 2.93. The zero-order chi connectivity index (χ0) is 18.7. The number of carbonyl (C=O) groups excluding carboxylic acids is 1. The highest BCUT2D eigenvalue weighted by atomic mass is 32.2. The summed E-state index contributed by atoms with van der Waals surface area (Å²) in [6, 6.07) is 8.08. The maximum Gasteiger partial charge on any atom is 0.257 e. The average molecular weight is 375 g/mol. The number of phenolic OH excluding ortho intramolecular Hbond substituents is 1. The van der Waals surface area contributed by atoms with E-state index in [4.69, 9.17) is 0 Å². The van der Waals surface area contributed by atoms with Gasteiger partial charge in [0.1, 0.15) is 10.6 Å². The summed E-state index contributed by atoms with van der Waals surface area (Å²) in [5.74, 6) is -0.339. The first-order chi connectivity index (χ1) is 12.4. The third-order valence-electron chi connectivity index (χ3n) is 4.50. The molecule has 8 heteroatoms. The number of amides is 1. The Balaban J connectivity index is 1.72. The van der Waals surface area contributed by atoms with Crippen molar-refractivity contribution in [3.05, 3.63) is 53.9 Å². The molecule has 0 radical (unpaired) electrons. The van der Waals surface area contributed by atoms with Crippen molar-refractivity contribution in [2.24, 2.45) is 0 Å². The van der Waals surface area contributed by atoms with E-state index in [0.29, 0.717) is 0 Å². The van der Waals surface area contributed by atoms with Gasteiger partial charge in [0.25, 0.3) is 5.91 Å². The quantitative estimate of drug-likeness (QED) is 0.874. The van der Waals surface area contributed by atoms with Crippen LogP contribution in [0.15, 0.2) is 47.6 Å². The number of hydrogen-bond acceptors (Lipinski definition) is 5. The second-order valence-electron chi connectivity index (χ2n) is 6.09. The van der Waals surface area contributed by atoms with Gasteiger partial charge in [-0.15, -0.1) is 0 Å². The Morgan fingerprint density at radius 2 is 1.92 bits per heavy atom. The fourth-order valence-electron chi connectivity index (χ4n) is 2.93. The molecule has 1 aromatic heterocycles. The minimum absolute atomic E-state index is 0.0578. The van der Waals surface area contributed by atoms with Crippen LogP contribution in [0.1, 0.15) is 22.8 Å². The molecule has 0 unspecified atom stereocenters. The first-order valence-corrected chi connectivity index (χ1v) is 9.89. The van der Waals surface area contributed by atoms with Crippen LogP contribution in [0.5, 0.6) is 5.75 Å². The second kappa shape index (κ2) is 7.43. The Bertz CT molecular complexity index is 892. The molecule has 26 heavy (non-hydrogen) atoms. The van der Waals surface area contributed by atoms with E-state index in [1.165, 1.54) is 28.8 Å². The zero-order valence-electron chi connectivity index (χ0n) is 14.5. The van der Waals surface area contributed by atoms with Crippen molar-refractivity contribution >= 4 is 15.9 Å². The summed E-state index contributed by atoms with van der Waals surface area (Å²) in [4.78, 5) is 18.3. The number of aromatic hydroxyl groups is 1. The highest BCUT2D eigenvalue weighted by molar-refractivity contribution is 7.89. The van der Waals surface area contributed by atoms with Crippen molar-refractivity contribution in [3.8, 4) is 5.75 Å². The molecule has 2 aromatic rings. The molecule has 7 nitrogen and oxygen atoms in total. The number of nitrogens with zero attached hydrogens (tertiary/aromatic N) is 3. The first kappa shape index (κ1) is 18.3. The number of aromatic nitrogens is 1. The van der Waals surface area contributed by atoms with Gasteiger partial charge in [0.05, 0.1) is 5.56 Å². The van der Waals surface area contributed by atoms with E-state index in [0.717, 1.165) is 12.0 Å². The van der Waals surface area contributed by atoms with Gasteiger partial charge in [-0.1, -0.05) is 13.0 Å². The van der Waals surface area contributed by atoms with Gasteiger partial charge in [-0.3, -0.25) is 9.78 Å². The van der Waals surface area contributed by atoms with Crippen LogP contribution in [0.2, 0.25) is 0 Å². The molecule has 1 amide bonds. The lowest BCUT2D eigenvalue weighted by atomic mass is 10.1. The van der Waals surface area contributed by atoms with Crippen LogP contribution in [0.25, 0.3) is 0 Å². The van der Waals surface area contributed by atoms with Crippen molar-refractivity contribution in [1.82, 2.24) is 14.2 Å². The van der Waals surface area contributed by atoms with E-state index in [1.54, 1.807) is 23.1 Å². The van der Waals surface area contributed by atoms with Crippen LogP contribution in [0.3, 0.4) is 0 Å². The van der Waals surface area contributed by atoms with Crippen LogP contribution in [-0.4, -0.2) is 59.8 Å². The number of benzene rings is 1. The molecule has 0 saturated carbocycles. The number of hydrogen-bond donors (Lipinski definition) is 1. The van der Waals surface area contributed by atoms with Crippen LogP contribution in [0, 0.1) is 0 Å². The summed E-state index contributed by atoms with van der Waals surface area (Å²) >= 11 is 0. The zero-order valence-corrected chi connectivity index (χ0v) is 15.3. The Morgan fingerprint density at radius 1 is 1.19 bits per heavy atom. The fraction of sp³-hybridized carbons (Fsp3) is 0.333. The summed E-state index contributed by atoms with van der Waals surface area (Å²) in [6.07, 6.45) is 3.60. The fourth-order valence-corrected chi connectivity index (χ4v) is 4.31. The highest BCUT2D eigenvalue weighted by Gasteiger charge is 2.31. The summed E-state index contributed by atoms with van der Waals surface area (Å²) in [5, 5.41) is 10.0. The predicted molar refractivity (Wildman–Crippen MR) is 96.4 cm³/mol. The first-order valence-electron chi connectivity index (χ1n) is 8.45. The molecule has 0 aliphatic carbocycles. The van der Waals surface area contributed by atoms with Gasteiger partial charge in [-0.2, -0.15) is 4.31 Å². The maximum atomic E-state index is 12.7. The molecule has 1 aliphatic heterocycles. The molecule has 0 atom stereocenters. The predicted octanol–water partition coefficient (Wildman–Crippen LogP) is 1.50. The number of carbonyl (C=O) groups is 1. The van der Waals surface area contributed by atoms with Gasteiger partial charge in [-0.25, -0.2) is 8.42 Å². The molecular weight excluding hydrogens is 354 g/mol. The Hall–Kier alpha value is -2.45. The smallest absolute Gasteiger partial charge is 0.257 e. The standard InChI is InChI=1S/C18H21N3O4S/c1-2-14-5-6-17(22)16(12-14)18(23)20-8-10-21(11-9-20)26(24,25)15-4-3-7-19-13-15/h3-7,12-13,22H,2,8-11H2,1H3. The van der Waals surface area contributed by atoms with Crippen LogP contribution < -0.4 is 0 Å². The van der Waals surface area contributed by atoms with Gasteiger partial charge in [0.15, 0.2) is 0 Å². The molecule has 1 N–H and O–H groups in total. The maximum absolute atomic E-state index is 12.7. The molecule has 1 aromatic carbocycles. The lowest BCUT2D eigenvalue weighted by Crippen LogP contribution is -2.50. The summed E-state index contributed by atoms with van der Waals surface area (Å²) in [5.41, 5.74) is 1.22. The minimum atomic E-state index is -3.61. The lowest BCUT2D eigenvalue weighted by molar-refractivity contribution is 0.0694. The van der Waals surface area contributed by atoms with Gasteiger partial charge >= 0.3 is 0 Å². The van der Waals surface area contributed by atoms with Crippen LogP contribution >= 0.6 is 0 Å². The summed E-state index contributed by atoms with van der Waals surface area (Å²) in [7, 11) is -3.61. The largest absolute Gasteiger partial charge is 0.507 e. The van der Waals surface area contributed by atoms with Crippen molar-refractivity contribution in [1.29, 1.82) is 0 Å². The molecule has 138 valence electrons. The molecular formula is C18H21N3O4S. The average Bonchev–Trinajstić information content (AvgIpc) is 2.68.